The monoisotopic (exact) mass is 404 g/mol. The molecule has 0 saturated carbocycles. The van der Waals surface area contributed by atoms with Crippen LogP contribution in [0.25, 0.3) is 0 Å². The molecule has 5 atom stereocenters. The molecule has 0 aromatic heterocycles. The fourth-order valence-corrected chi connectivity index (χ4v) is 2.09. The lowest BCUT2D eigenvalue weighted by Gasteiger charge is -2.25. The number of amides is 3. The summed E-state index contributed by atoms with van der Waals surface area (Å²) in [5, 5.41) is 34.0. The van der Waals surface area contributed by atoms with E-state index < -0.39 is 72.8 Å². The van der Waals surface area contributed by atoms with Crippen molar-refractivity contribution in [1.29, 1.82) is 0 Å². The molecule has 12 nitrogen and oxygen atoms in total. The van der Waals surface area contributed by atoms with Crippen molar-refractivity contribution in [2.75, 3.05) is 6.61 Å². The van der Waals surface area contributed by atoms with Crippen molar-refractivity contribution in [3.63, 3.8) is 0 Å². The third-order valence-corrected chi connectivity index (χ3v) is 4.02. The summed E-state index contributed by atoms with van der Waals surface area (Å²) in [4.78, 5) is 58.4. The molecule has 160 valence electrons. The summed E-state index contributed by atoms with van der Waals surface area (Å²) < 4.78 is 0. The summed E-state index contributed by atoms with van der Waals surface area (Å²) in [6.45, 7) is 3.80. The van der Waals surface area contributed by atoms with E-state index in [1.54, 1.807) is 13.8 Å². The van der Waals surface area contributed by atoms with Gasteiger partial charge in [-0.1, -0.05) is 20.3 Å². The van der Waals surface area contributed by atoms with Crippen LogP contribution in [0.1, 0.15) is 33.6 Å². The van der Waals surface area contributed by atoms with Gasteiger partial charge in [-0.25, -0.2) is 4.79 Å². The largest absolute Gasteiger partial charge is 0.481 e. The Morgan fingerprint density at radius 2 is 1.39 bits per heavy atom. The summed E-state index contributed by atoms with van der Waals surface area (Å²) >= 11 is 0. The minimum atomic E-state index is -1.54. The quantitative estimate of drug-likeness (QED) is 0.181. The zero-order valence-electron chi connectivity index (χ0n) is 16.0. The second-order valence-electron chi connectivity index (χ2n) is 6.40. The van der Waals surface area contributed by atoms with Crippen LogP contribution in [0, 0.1) is 5.92 Å². The summed E-state index contributed by atoms with van der Waals surface area (Å²) in [7, 11) is 0. The maximum Gasteiger partial charge on any atom is 0.326 e. The van der Waals surface area contributed by atoms with E-state index >= 15 is 0 Å². The first-order valence-electron chi connectivity index (χ1n) is 8.66. The van der Waals surface area contributed by atoms with E-state index in [1.807, 2.05) is 0 Å². The molecule has 0 aromatic carbocycles. The average molecular weight is 404 g/mol. The van der Waals surface area contributed by atoms with Gasteiger partial charge in [0.1, 0.15) is 18.1 Å². The van der Waals surface area contributed by atoms with Crippen molar-refractivity contribution in [2.24, 2.45) is 11.7 Å². The van der Waals surface area contributed by atoms with Crippen LogP contribution in [0.4, 0.5) is 0 Å². The van der Waals surface area contributed by atoms with Crippen molar-refractivity contribution in [2.45, 2.75) is 57.8 Å². The van der Waals surface area contributed by atoms with Gasteiger partial charge in [0, 0.05) is 0 Å². The van der Waals surface area contributed by atoms with Crippen LogP contribution >= 0.6 is 0 Å². The minimum Gasteiger partial charge on any atom is -0.481 e. The molecular weight excluding hydrogens is 376 g/mol. The zero-order chi connectivity index (χ0) is 22.0. The molecule has 28 heavy (non-hydrogen) atoms. The number of carboxylic acids is 2. The number of hydrogen-bond acceptors (Lipinski definition) is 7. The maximum absolute atomic E-state index is 12.3. The third-order valence-electron chi connectivity index (χ3n) is 4.02. The molecule has 0 aliphatic rings. The minimum absolute atomic E-state index is 0.415. The third kappa shape index (κ3) is 8.31. The molecule has 0 aliphatic heterocycles. The number of carbonyl (C=O) groups excluding carboxylic acids is 3. The lowest BCUT2D eigenvalue weighted by Crippen LogP contribution is -2.58. The predicted molar refractivity (Wildman–Crippen MR) is 95.9 cm³/mol. The highest BCUT2D eigenvalue weighted by Crippen LogP contribution is 2.08. The van der Waals surface area contributed by atoms with Gasteiger partial charge in [0.25, 0.3) is 0 Å². The molecule has 0 aliphatic carbocycles. The van der Waals surface area contributed by atoms with E-state index in [4.69, 9.17) is 10.8 Å². The first-order chi connectivity index (χ1) is 12.9. The number of aliphatic hydroxyl groups excluding tert-OH is 1. The number of rotatable bonds is 12. The molecule has 0 spiro atoms. The fraction of sp³-hybridized carbons (Fsp3) is 0.688. The molecule has 0 rings (SSSR count). The lowest BCUT2D eigenvalue weighted by molar-refractivity contribution is -0.144. The fourth-order valence-electron chi connectivity index (χ4n) is 2.09. The van der Waals surface area contributed by atoms with Crippen LogP contribution in [0.5, 0.6) is 0 Å². The van der Waals surface area contributed by atoms with Crippen LogP contribution in [-0.4, -0.2) is 75.8 Å². The smallest absolute Gasteiger partial charge is 0.326 e. The van der Waals surface area contributed by atoms with Gasteiger partial charge in [-0.15, -0.1) is 0 Å². The molecule has 0 heterocycles. The number of nitrogens with one attached hydrogen (secondary N) is 3. The Labute approximate surface area is 161 Å². The molecule has 0 bridgehead atoms. The van der Waals surface area contributed by atoms with Gasteiger partial charge in [-0.05, 0) is 12.8 Å². The molecule has 0 saturated heterocycles. The molecule has 3 amide bonds. The van der Waals surface area contributed by atoms with E-state index in [0.717, 1.165) is 0 Å². The van der Waals surface area contributed by atoms with Crippen molar-refractivity contribution < 1.29 is 39.3 Å². The van der Waals surface area contributed by atoms with Gasteiger partial charge in [0.15, 0.2) is 0 Å². The van der Waals surface area contributed by atoms with Crippen LogP contribution in [0.3, 0.4) is 0 Å². The summed E-state index contributed by atoms with van der Waals surface area (Å²) in [6.07, 6.45) is -0.327. The molecular formula is C16H28N4O8. The summed E-state index contributed by atoms with van der Waals surface area (Å²) in [5.74, 6) is -5.87. The molecule has 8 N–H and O–H groups in total. The normalized spacial score (nSPS) is 16.0. The molecule has 0 aromatic rings. The molecule has 0 radical (unpaired) electrons. The van der Waals surface area contributed by atoms with Crippen LogP contribution < -0.4 is 21.7 Å². The van der Waals surface area contributed by atoms with Gasteiger partial charge in [-0.2, -0.15) is 0 Å². The SMILES string of the molecule is CCC(C)C(NC(=O)C(CO)NC(=O)C(CC(=O)O)NC(=O)C(C)N)C(=O)O. The van der Waals surface area contributed by atoms with E-state index in [9.17, 15) is 34.2 Å². The van der Waals surface area contributed by atoms with Gasteiger partial charge >= 0.3 is 11.9 Å². The topological polar surface area (TPSA) is 208 Å². The Morgan fingerprint density at radius 3 is 1.79 bits per heavy atom. The first kappa shape index (κ1) is 25.3. The lowest BCUT2D eigenvalue weighted by atomic mass is 9.99. The molecule has 5 unspecified atom stereocenters. The highest BCUT2D eigenvalue weighted by Gasteiger charge is 2.32. The van der Waals surface area contributed by atoms with Gasteiger partial charge in [0.2, 0.25) is 17.7 Å². The number of carboxylic acid groups (broad SMARTS) is 2. The Bertz CT molecular complexity index is 595. The number of carbonyl (C=O) groups is 5. The first-order valence-corrected chi connectivity index (χ1v) is 8.66. The van der Waals surface area contributed by atoms with Gasteiger partial charge in [0.05, 0.1) is 19.1 Å². The van der Waals surface area contributed by atoms with Crippen LogP contribution in [-0.2, 0) is 24.0 Å². The molecule has 12 heteroatoms. The van der Waals surface area contributed by atoms with Gasteiger partial charge < -0.3 is 37.0 Å². The standard InChI is InChI=1S/C16H28N4O8/c1-4-7(2)12(16(27)28)20-15(26)10(6-21)19-14(25)9(5-11(22)23)18-13(24)8(3)17/h7-10,12,21H,4-6,17H2,1-3H3,(H,18,24)(H,19,25)(H,20,26)(H,22,23)(H,27,28). The average Bonchev–Trinajstić information content (AvgIpc) is 2.61. The second kappa shape index (κ2) is 11.9. The van der Waals surface area contributed by atoms with Crippen LogP contribution in [0.2, 0.25) is 0 Å². The number of aliphatic hydroxyl groups is 1. The van der Waals surface area contributed by atoms with Crippen molar-refractivity contribution in [1.82, 2.24) is 16.0 Å². The summed E-state index contributed by atoms with van der Waals surface area (Å²) in [6, 6.07) is -5.33. The van der Waals surface area contributed by atoms with E-state index in [1.165, 1.54) is 6.92 Å². The predicted octanol–water partition coefficient (Wildman–Crippen LogP) is -2.61. The van der Waals surface area contributed by atoms with Crippen molar-refractivity contribution in [3.8, 4) is 0 Å². The zero-order valence-corrected chi connectivity index (χ0v) is 16.0. The van der Waals surface area contributed by atoms with E-state index in [2.05, 4.69) is 16.0 Å². The molecule has 0 fully saturated rings. The summed E-state index contributed by atoms with van der Waals surface area (Å²) in [5.41, 5.74) is 5.36. The Morgan fingerprint density at radius 1 is 0.893 bits per heavy atom. The Hall–Kier alpha value is -2.73. The number of nitrogens with two attached hydrogens (primary N) is 1. The van der Waals surface area contributed by atoms with Crippen molar-refractivity contribution >= 4 is 29.7 Å². The van der Waals surface area contributed by atoms with Gasteiger partial charge in [-0.3, -0.25) is 19.2 Å². The number of hydrogen-bond donors (Lipinski definition) is 7. The van der Waals surface area contributed by atoms with Crippen LogP contribution in [0.15, 0.2) is 0 Å². The highest BCUT2D eigenvalue weighted by atomic mass is 16.4. The second-order valence-corrected chi connectivity index (χ2v) is 6.40. The van der Waals surface area contributed by atoms with Crippen molar-refractivity contribution in [3.05, 3.63) is 0 Å². The maximum atomic E-state index is 12.3. The Balaban J connectivity index is 5.22. The van der Waals surface area contributed by atoms with E-state index in [-0.39, 0.29) is 0 Å². The van der Waals surface area contributed by atoms with E-state index in [0.29, 0.717) is 6.42 Å². The highest BCUT2D eigenvalue weighted by molar-refractivity contribution is 5.95. The number of aliphatic carboxylic acids is 2. The Kier molecular flexibility index (Phi) is 10.7.